The lowest BCUT2D eigenvalue weighted by molar-refractivity contribution is 0.111. The van der Waals surface area contributed by atoms with Crippen LogP contribution in [0.1, 0.15) is 19.8 Å². The predicted octanol–water partition coefficient (Wildman–Crippen LogP) is 0.324. The molecule has 2 atom stereocenters. The smallest absolute Gasteiger partial charge is 0.107 e. The fraction of sp³-hybridized carbons (Fsp3) is 1.00. The maximum absolute atomic E-state index is 9.08. The van der Waals surface area contributed by atoms with E-state index in [1.165, 1.54) is 0 Å². The highest BCUT2D eigenvalue weighted by molar-refractivity contribution is 4.73. The van der Waals surface area contributed by atoms with Crippen molar-refractivity contribution in [1.29, 1.82) is 0 Å². The number of aliphatic hydroxyl groups is 1. The van der Waals surface area contributed by atoms with Gasteiger partial charge in [-0.15, -0.1) is 0 Å². The Hall–Kier alpha value is -0.0800. The monoisotopic (exact) mass is 115 g/mol. The van der Waals surface area contributed by atoms with E-state index >= 15 is 0 Å². The van der Waals surface area contributed by atoms with Crippen molar-refractivity contribution in [2.45, 2.75) is 26.0 Å². The van der Waals surface area contributed by atoms with Crippen LogP contribution in [0.5, 0.6) is 0 Å². The van der Waals surface area contributed by atoms with Crippen molar-refractivity contribution in [3.05, 3.63) is 0 Å². The van der Waals surface area contributed by atoms with Crippen LogP contribution in [0.15, 0.2) is 0 Å². The first-order chi connectivity index (χ1) is 3.84. The molecule has 2 unspecified atom stereocenters. The van der Waals surface area contributed by atoms with Gasteiger partial charge in [-0.3, -0.25) is 5.32 Å². The van der Waals surface area contributed by atoms with Crippen LogP contribution in [-0.4, -0.2) is 17.9 Å². The van der Waals surface area contributed by atoms with Gasteiger partial charge in [0.1, 0.15) is 6.23 Å². The molecular formula is C6H13NO. The highest BCUT2D eigenvalue weighted by Gasteiger charge is 2.21. The van der Waals surface area contributed by atoms with Gasteiger partial charge in [-0.2, -0.15) is 0 Å². The van der Waals surface area contributed by atoms with Crippen molar-refractivity contribution in [3.8, 4) is 0 Å². The quantitative estimate of drug-likeness (QED) is 0.516. The molecule has 2 heteroatoms. The highest BCUT2D eigenvalue weighted by atomic mass is 16.3. The molecule has 8 heavy (non-hydrogen) atoms. The van der Waals surface area contributed by atoms with Crippen molar-refractivity contribution in [2.24, 2.45) is 5.92 Å². The zero-order valence-corrected chi connectivity index (χ0v) is 5.22. The SMILES string of the molecule is CCC1CCNC1O. The van der Waals surface area contributed by atoms with E-state index in [-0.39, 0.29) is 6.23 Å². The van der Waals surface area contributed by atoms with Gasteiger partial charge in [0.25, 0.3) is 0 Å². The maximum atomic E-state index is 9.08. The third kappa shape index (κ3) is 1.01. The summed E-state index contributed by atoms with van der Waals surface area (Å²) in [7, 11) is 0. The summed E-state index contributed by atoms with van der Waals surface area (Å²) in [5.41, 5.74) is 0. The van der Waals surface area contributed by atoms with Crippen molar-refractivity contribution < 1.29 is 5.11 Å². The summed E-state index contributed by atoms with van der Waals surface area (Å²) >= 11 is 0. The fourth-order valence-electron chi connectivity index (χ4n) is 1.17. The summed E-state index contributed by atoms with van der Waals surface area (Å²) in [5, 5.41) is 12.1. The lowest BCUT2D eigenvalue weighted by Crippen LogP contribution is -2.25. The predicted molar refractivity (Wildman–Crippen MR) is 32.4 cm³/mol. The van der Waals surface area contributed by atoms with Crippen LogP contribution in [0, 0.1) is 5.92 Å². The van der Waals surface area contributed by atoms with E-state index in [9.17, 15) is 0 Å². The summed E-state index contributed by atoms with van der Waals surface area (Å²) in [6.45, 7) is 3.10. The number of hydrogen-bond acceptors (Lipinski definition) is 2. The van der Waals surface area contributed by atoms with Crippen LogP contribution in [0.3, 0.4) is 0 Å². The Morgan fingerprint density at radius 2 is 2.50 bits per heavy atom. The molecule has 1 fully saturated rings. The molecule has 0 aromatic rings. The Bertz CT molecular complexity index is 74.9. The summed E-state index contributed by atoms with van der Waals surface area (Å²) in [6, 6.07) is 0. The van der Waals surface area contributed by atoms with Gasteiger partial charge >= 0.3 is 0 Å². The molecule has 0 aromatic carbocycles. The Morgan fingerprint density at radius 1 is 1.75 bits per heavy atom. The third-order valence-electron chi connectivity index (χ3n) is 1.84. The number of hydrogen-bond donors (Lipinski definition) is 2. The molecule has 1 saturated heterocycles. The first-order valence-corrected chi connectivity index (χ1v) is 3.26. The minimum Gasteiger partial charge on any atom is -0.378 e. The second kappa shape index (κ2) is 2.46. The van der Waals surface area contributed by atoms with Crippen molar-refractivity contribution in [1.82, 2.24) is 5.32 Å². The minimum atomic E-state index is -0.222. The molecule has 1 rings (SSSR count). The van der Waals surface area contributed by atoms with Crippen LogP contribution in [0.25, 0.3) is 0 Å². The third-order valence-corrected chi connectivity index (χ3v) is 1.84. The minimum absolute atomic E-state index is 0.222. The van der Waals surface area contributed by atoms with E-state index in [1.807, 2.05) is 0 Å². The fourth-order valence-corrected chi connectivity index (χ4v) is 1.17. The summed E-state index contributed by atoms with van der Waals surface area (Å²) < 4.78 is 0. The Kier molecular flexibility index (Phi) is 1.86. The van der Waals surface area contributed by atoms with Gasteiger partial charge in [0.2, 0.25) is 0 Å². The molecule has 0 amide bonds. The average Bonchev–Trinajstić information content (AvgIpc) is 2.14. The molecule has 48 valence electrons. The van der Waals surface area contributed by atoms with Crippen molar-refractivity contribution in [3.63, 3.8) is 0 Å². The molecule has 0 saturated carbocycles. The number of aliphatic hydroxyl groups excluding tert-OH is 1. The number of rotatable bonds is 1. The molecular weight excluding hydrogens is 102 g/mol. The first-order valence-electron chi connectivity index (χ1n) is 3.26. The van der Waals surface area contributed by atoms with Gasteiger partial charge < -0.3 is 5.11 Å². The van der Waals surface area contributed by atoms with Crippen LogP contribution < -0.4 is 5.32 Å². The van der Waals surface area contributed by atoms with Crippen LogP contribution in [-0.2, 0) is 0 Å². The van der Waals surface area contributed by atoms with Crippen LogP contribution >= 0.6 is 0 Å². The van der Waals surface area contributed by atoms with Crippen molar-refractivity contribution >= 4 is 0 Å². The Labute approximate surface area is 49.9 Å². The second-order valence-corrected chi connectivity index (χ2v) is 2.36. The molecule has 0 spiro atoms. The van der Waals surface area contributed by atoms with Crippen molar-refractivity contribution in [2.75, 3.05) is 6.54 Å². The average molecular weight is 115 g/mol. The van der Waals surface area contributed by atoms with E-state index < -0.39 is 0 Å². The van der Waals surface area contributed by atoms with Crippen LogP contribution in [0.2, 0.25) is 0 Å². The molecule has 0 radical (unpaired) electrons. The second-order valence-electron chi connectivity index (χ2n) is 2.36. The standard InChI is InChI=1S/C6H13NO/c1-2-5-3-4-7-6(5)8/h5-8H,2-4H2,1H3. The Balaban J connectivity index is 2.30. The zero-order valence-electron chi connectivity index (χ0n) is 5.22. The van der Waals surface area contributed by atoms with Gasteiger partial charge in [0.15, 0.2) is 0 Å². The Morgan fingerprint density at radius 3 is 2.75 bits per heavy atom. The molecule has 2 N–H and O–H groups in total. The molecule has 0 aliphatic carbocycles. The number of nitrogens with one attached hydrogen (secondary N) is 1. The summed E-state index contributed by atoms with van der Waals surface area (Å²) in [5.74, 6) is 0.509. The van der Waals surface area contributed by atoms with E-state index in [0.29, 0.717) is 5.92 Å². The molecule has 1 aliphatic heterocycles. The molecule has 0 bridgehead atoms. The molecule has 0 aromatic heterocycles. The first kappa shape index (κ1) is 6.05. The van der Waals surface area contributed by atoms with E-state index in [2.05, 4.69) is 12.2 Å². The van der Waals surface area contributed by atoms with Crippen LogP contribution in [0.4, 0.5) is 0 Å². The van der Waals surface area contributed by atoms with E-state index in [0.717, 1.165) is 19.4 Å². The van der Waals surface area contributed by atoms with Gasteiger partial charge in [-0.1, -0.05) is 6.92 Å². The molecule has 1 aliphatic rings. The van der Waals surface area contributed by atoms with E-state index in [4.69, 9.17) is 5.11 Å². The maximum Gasteiger partial charge on any atom is 0.107 e. The van der Waals surface area contributed by atoms with Gasteiger partial charge in [0.05, 0.1) is 0 Å². The lowest BCUT2D eigenvalue weighted by Gasteiger charge is -2.09. The summed E-state index contributed by atoms with van der Waals surface area (Å²) in [4.78, 5) is 0. The summed E-state index contributed by atoms with van der Waals surface area (Å²) in [6.07, 6.45) is 2.01. The molecule has 2 nitrogen and oxygen atoms in total. The van der Waals surface area contributed by atoms with Gasteiger partial charge in [-0.25, -0.2) is 0 Å². The zero-order chi connectivity index (χ0) is 5.98. The highest BCUT2D eigenvalue weighted by Crippen LogP contribution is 2.15. The van der Waals surface area contributed by atoms with Gasteiger partial charge in [-0.05, 0) is 25.3 Å². The van der Waals surface area contributed by atoms with E-state index in [1.54, 1.807) is 0 Å². The normalized spacial score (nSPS) is 38.2. The lowest BCUT2D eigenvalue weighted by atomic mass is 10.1. The topological polar surface area (TPSA) is 32.3 Å². The van der Waals surface area contributed by atoms with Gasteiger partial charge in [0, 0.05) is 0 Å². The largest absolute Gasteiger partial charge is 0.378 e. The molecule has 1 heterocycles.